The van der Waals surface area contributed by atoms with E-state index >= 15 is 0 Å². The molecule has 7 heteroatoms. The van der Waals surface area contributed by atoms with E-state index in [9.17, 15) is 9.59 Å². The van der Waals surface area contributed by atoms with E-state index in [-0.39, 0.29) is 17.9 Å². The first-order chi connectivity index (χ1) is 11.4. The van der Waals surface area contributed by atoms with E-state index in [4.69, 9.17) is 11.6 Å². The summed E-state index contributed by atoms with van der Waals surface area (Å²) in [6, 6.07) is 5.20. The van der Waals surface area contributed by atoms with Crippen LogP contribution in [-0.2, 0) is 14.3 Å². The Morgan fingerprint density at radius 2 is 1.96 bits per heavy atom. The van der Waals surface area contributed by atoms with Crippen LogP contribution in [0.25, 0.3) is 0 Å². The van der Waals surface area contributed by atoms with Crippen LogP contribution in [0.15, 0.2) is 18.2 Å². The molecule has 0 bridgehead atoms. The highest BCUT2D eigenvalue weighted by atomic mass is 35.5. The molecule has 1 aliphatic rings. The molecule has 1 amide bonds. The lowest BCUT2D eigenvalue weighted by Crippen LogP contribution is -2.53. The lowest BCUT2D eigenvalue weighted by atomic mass is 10.1. The van der Waals surface area contributed by atoms with E-state index < -0.39 is 0 Å². The molecule has 1 atom stereocenters. The number of nitrogens with zero attached hydrogens (tertiary/aromatic N) is 2. The first-order valence-electron chi connectivity index (χ1n) is 8.01. The van der Waals surface area contributed by atoms with Gasteiger partial charge in [-0.15, -0.1) is 0 Å². The van der Waals surface area contributed by atoms with Crippen molar-refractivity contribution in [3.05, 3.63) is 28.8 Å². The number of esters is 1. The maximum absolute atomic E-state index is 12.5. The largest absolute Gasteiger partial charge is 0.468 e. The predicted octanol–water partition coefficient (Wildman–Crippen LogP) is 1.77. The van der Waals surface area contributed by atoms with Gasteiger partial charge in [-0.1, -0.05) is 17.7 Å². The van der Waals surface area contributed by atoms with Crippen molar-refractivity contribution < 1.29 is 14.3 Å². The van der Waals surface area contributed by atoms with Gasteiger partial charge in [0.1, 0.15) is 0 Å². The van der Waals surface area contributed by atoms with Gasteiger partial charge in [-0.3, -0.25) is 19.4 Å². The number of anilines is 1. The van der Waals surface area contributed by atoms with E-state index in [1.54, 1.807) is 12.1 Å². The third kappa shape index (κ3) is 4.93. The molecule has 1 heterocycles. The van der Waals surface area contributed by atoms with Crippen LogP contribution < -0.4 is 5.32 Å². The summed E-state index contributed by atoms with van der Waals surface area (Å²) in [6.07, 6.45) is 0. The number of hydrogen-bond acceptors (Lipinski definition) is 5. The van der Waals surface area contributed by atoms with Gasteiger partial charge in [0.05, 0.1) is 19.7 Å². The summed E-state index contributed by atoms with van der Waals surface area (Å²) >= 11 is 5.99. The number of hydrogen-bond donors (Lipinski definition) is 1. The number of nitrogens with one attached hydrogen (secondary N) is 1. The third-order valence-electron chi connectivity index (χ3n) is 4.37. The zero-order chi connectivity index (χ0) is 17.7. The highest BCUT2D eigenvalue weighted by Gasteiger charge is 2.26. The molecular weight excluding hydrogens is 330 g/mol. The fourth-order valence-electron chi connectivity index (χ4n) is 2.69. The maximum atomic E-state index is 12.5. The lowest BCUT2D eigenvalue weighted by Gasteiger charge is -2.36. The van der Waals surface area contributed by atoms with E-state index in [0.717, 1.165) is 37.4 Å². The number of benzene rings is 1. The van der Waals surface area contributed by atoms with Crippen LogP contribution in [0, 0.1) is 6.92 Å². The minimum Gasteiger partial charge on any atom is -0.468 e. The minimum absolute atomic E-state index is 0.0539. The molecule has 24 heavy (non-hydrogen) atoms. The highest BCUT2D eigenvalue weighted by molar-refractivity contribution is 6.31. The van der Waals surface area contributed by atoms with Crippen molar-refractivity contribution in [2.24, 2.45) is 0 Å². The lowest BCUT2D eigenvalue weighted by molar-refractivity contribution is -0.142. The van der Waals surface area contributed by atoms with Gasteiger partial charge in [-0.05, 0) is 31.5 Å². The normalized spacial score (nSPS) is 17.3. The molecule has 132 valence electrons. The van der Waals surface area contributed by atoms with Gasteiger partial charge >= 0.3 is 5.97 Å². The Morgan fingerprint density at radius 1 is 1.29 bits per heavy atom. The molecule has 0 radical (unpaired) electrons. The Labute approximate surface area is 147 Å². The molecule has 1 fully saturated rings. The number of piperazine rings is 1. The van der Waals surface area contributed by atoms with Gasteiger partial charge < -0.3 is 10.1 Å². The summed E-state index contributed by atoms with van der Waals surface area (Å²) < 4.78 is 4.68. The predicted molar refractivity (Wildman–Crippen MR) is 94.3 cm³/mol. The zero-order valence-electron chi connectivity index (χ0n) is 14.3. The van der Waals surface area contributed by atoms with E-state index in [1.165, 1.54) is 7.11 Å². The van der Waals surface area contributed by atoms with Gasteiger partial charge in [0, 0.05) is 36.9 Å². The van der Waals surface area contributed by atoms with E-state index in [1.807, 2.05) is 24.8 Å². The summed E-state index contributed by atoms with van der Waals surface area (Å²) in [5.74, 6) is -0.285. The Balaban J connectivity index is 1.88. The first-order valence-corrected chi connectivity index (χ1v) is 8.38. The van der Waals surface area contributed by atoms with Crippen LogP contribution in [0.1, 0.15) is 12.5 Å². The van der Waals surface area contributed by atoms with Crippen molar-refractivity contribution in [2.45, 2.75) is 19.9 Å². The fourth-order valence-corrected chi connectivity index (χ4v) is 2.86. The number of ether oxygens (including phenoxy) is 1. The topological polar surface area (TPSA) is 61.9 Å². The van der Waals surface area contributed by atoms with Crippen LogP contribution >= 0.6 is 11.6 Å². The van der Waals surface area contributed by atoms with Crippen molar-refractivity contribution in [3.63, 3.8) is 0 Å². The molecule has 6 nitrogen and oxygen atoms in total. The van der Waals surface area contributed by atoms with Gasteiger partial charge in [-0.2, -0.15) is 0 Å². The van der Waals surface area contributed by atoms with Crippen molar-refractivity contribution in [1.82, 2.24) is 9.80 Å². The van der Waals surface area contributed by atoms with Crippen molar-refractivity contribution in [1.29, 1.82) is 0 Å². The molecule has 0 aromatic heterocycles. The molecule has 1 saturated heterocycles. The number of halogens is 1. The van der Waals surface area contributed by atoms with Crippen LogP contribution in [0.5, 0.6) is 0 Å². The fraction of sp³-hybridized carbons (Fsp3) is 0.529. The van der Waals surface area contributed by atoms with Crippen LogP contribution in [0.4, 0.5) is 5.69 Å². The molecule has 1 aliphatic heterocycles. The second-order valence-corrected chi connectivity index (χ2v) is 6.45. The summed E-state index contributed by atoms with van der Waals surface area (Å²) in [7, 11) is 1.39. The van der Waals surface area contributed by atoms with E-state index in [0.29, 0.717) is 11.6 Å². The van der Waals surface area contributed by atoms with Crippen molar-refractivity contribution in [2.75, 3.05) is 45.2 Å². The number of rotatable bonds is 5. The Morgan fingerprint density at radius 3 is 2.58 bits per heavy atom. The number of carbonyl (C=O) groups excluding carboxylic acids is 2. The van der Waals surface area contributed by atoms with Crippen LogP contribution in [-0.4, -0.2) is 67.6 Å². The number of methoxy groups -OCH3 is 1. The summed E-state index contributed by atoms with van der Waals surface area (Å²) in [5.41, 5.74) is 1.71. The summed E-state index contributed by atoms with van der Waals surface area (Å²) in [4.78, 5) is 28.0. The average Bonchev–Trinajstić information content (AvgIpc) is 2.58. The average molecular weight is 354 g/mol. The number of aryl methyl sites for hydroxylation is 1. The molecule has 0 aliphatic carbocycles. The third-order valence-corrected chi connectivity index (χ3v) is 4.61. The standard InChI is InChI=1S/C17H24ClN3O3/c1-12-4-5-14(18)10-15(12)19-17(23)13(2)21-8-6-20(7-9-21)11-16(22)24-3/h4-5,10,13H,6-9,11H2,1-3H3,(H,19,23)/t13-/m0/s1. The molecule has 0 saturated carbocycles. The Hall–Kier alpha value is -1.63. The van der Waals surface area contributed by atoms with Gasteiger partial charge in [0.2, 0.25) is 5.91 Å². The molecule has 1 N–H and O–H groups in total. The van der Waals surface area contributed by atoms with Crippen LogP contribution in [0.3, 0.4) is 0 Å². The first kappa shape index (κ1) is 18.7. The Kier molecular flexibility index (Phi) is 6.60. The molecular formula is C17H24ClN3O3. The second kappa shape index (κ2) is 8.46. The summed E-state index contributed by atoms with van der Waals surface area (Å²) in [6.45, 7) is 7.08. The van der Waals surface area contributed by atoms with Gasteiger partial charge in [-0.25, -0.2) is 0 Å². The monoisotopic (exact) mass is 353 g/mol. The maximum Gasteiger partial charge on any atom is 0.319 e. The van der Waals surface area contributed by atoms with Gasteiger partial charge in [0.15, 0.2) is 0 Å². The van der Waals surface area contributed by atoms with Crippen molar-refractivity contribution >= 4 is 29.2 Å². The number of carbonyl (C=O) groups is 2. The minimum atomic E-state index is -0.247. The SMILES string of the molecule is COC(=O)CN1CCN([C@@H](C)C(=O)Nc2cc(Cl)ccc2C)CC1. The van der Waals surface area contributed by atoms with Gasteiger partial charge in [0.25, 0.3) is 0 Å². The summed E-state index contributed by atoms with van der Waals surface area (Å²) in [5, 5.41) is 3.55. The quantitative estimate of drug-likeness (QED) is 0.817. The van der Waals surface area contributed by atoms with Crippen LogP contribution in [0.2, 0.25) is 5.02 Å². The Bertz CT molecular complexity index is 601. The van der Waals surface area contributed by atoms with Crippen molar-refractivity contribution in [3.8, 4) is 0 Å². The highest BCUT2D eigenvalue weighted by Crippen LogP contribution is 2.20. The second-order valence-electron chi connectivity index (χ2n) is 6.01. The zero-order valence-corrected chi connectivity index (χ0v) is 15.1. The van der Waals surface area contributed by atoms with E-state index in [2.05, 4.69) is 15.0 Å². The molecule has 2 rings (SSSR count). The smallest absolute Gasteiger partial charge is 0.319 e. The molecule has 1 aromatic rings. The molecule has 0 unspecified atom stereocenters. The number of amides is 1. The molecule has 0 spiro atoms. The molecule has 1 aromatic carbocycles.